The molecule has 8 heteroatoms. The van der Waals surface area contributed by atoms with Gasteiger partial charge in [0, 0.05) is 19.0 Å². The van der Waals surface area contributed by atoms with Crippen LogP contribution in [0.25, 0.3) is 0 Å². The molecular formula is C12H15ClN2O3S2. The molecule has 20 heavy (non-hydrogen) atoms. The van der Waals surface area contributed by atoms with Crippen LogP contribution in [-0.2, 0) is 14.8 Å². The Morgan fingerprint density at radius 1 is 1.30 bits per heavy atom. The molecule has 1 aliphatic carbocycles. The maximum Gasteiger partial charge on any atom is 0.250 e. The second-order valence-corrected chi connectivity index (χ2v) is 8.97. The van der Waals surface area contributed by atoms with Gasteiger partial charge in [-0.15, -0.1) is 11.3 Å². The fourth-order valence-corrected chi connectivity index (χ4v) is 5.93. The molecule has 1 saturated heterocycles. The van der Waals surface area contributed by atoms with E-state index in [0.717, 1.165) is 24.2 Å². The first-order valence-electron chi connectivity index (χ1n) is 6.50. The zero-order valence-electron chi connectivity index (χ0n) is 10.6. The summed E-state index contributed by atoms with van der Waals surface area (Å²) in [5.74, 6) is 0.282. The highest BCUT2D eigenvalue weighted by Crippen LogP contribution is 2.36. The van der Waals surface area contributed by atoms with E-state index in [9.17, 15) is 13.2 Å². The van der Waals surface area contributed by atoms with Gasteiger partial charge in [-0.05, 0) is 36.8 Å². The molecule has 3 rings (SSSR count). The summed E-state index contributed by atoms with van der Waals surface area (Å²) in [6.07, 6.45) is 2.24. The lowest BCUT2D eigenvalue weighted by Crippen LogP contribution is -2.42. The van der Waals surface area contributed by atoms with Gasteiger partial charge in [-0.2, -0.15) is 0 Å². The molecule has 0 spiro atoms. The van der Waals surface area contributed by atoms with Gasteiger partial charge in [0.05, 0.1) is 4.34 Å². The van der Waals surface area contributed by atoms with Crippen LogP contribution in [0.5, 0.6) is 0 Å². The van der Waals surface area contributed by atoms with Crippen molar-refractivity contribution in [1.29, 1.82) is 0 Å². The zero-order valence-corrected chi connectivity index (χ0v) is 13.0. The molecule has 1 aliphatic heterocycles. The second kappa shape index (κ2) is 5.29. The SMILES string of the molecule is O=C1CC2CCC(CN1)C2NS(=O)(=O)c1ccc(Cl)s1. The Kier molecular flexibility index (Phi) is 3.79. The summed E-state index contributed by atoms with van der Waals surface area (Å²) in [5, 5.41) is 2.84. The van der Waals surface area contributed by atoms with Gasteiger partial charge in [0.25, 0.3) is 0 Å². The van der Waals surface area contributed by atoms with Crippen LogP contribution in [0.3, 0.4) is 0 Å². The number of hydrogen-bond donors (Lipinski definition) is 2. The molecule has 2 fully saturated rings. The Balaban J connectivity index is 1.82. The highest BCUT2D eigenvalue weighted by molar-refractivity contribution is 7.91. The van der Waals surface area contributed by atoms with E-state index in [1.54, 1.807) is 6.07 Å². The Labute approximate surface area is 126 Å². The molecular weight excluding hydrogens is 320 g/mol. The minimum Gasteiger partial charge on any atom is -0.356 e. The summed E-state index contributed by atoms with van der Waals surface area (Å²) in [6, 6.07) is 2.92. The maximum absolute atomic E-state index is 12.4. The van der Waals surface area contributed by atoms with Crippen molar-refractivity contribution < 1.29 is 13.2 Å². The number of amides is 1. The van der Waals surface area contributed by atoms with Crippen LogP contribution in [0.15, 0.2) is 16.3 Å². The lowest BCUT2D eigenvalue weighted by molar-refractivity contribution is -0.121. The average molecular weight is 335 g/mol. The molecule has 2 bridgehead atoms. The van der Waals surface area contributed by atoms with Crippen molar-refractivity contribution in [2.75, 3.05) is 6.54 Å². The molecule has 1 aromatic heterocycles. The van der Waals surface area contributed by atoms with Crippen molar-refractivity contribution in [1.82, 2.24) is 10.0 Å². The van der Waals surface area contributed by atoms with E-state index in [0.29, 0.717) is 17.3 Å². The quantitative estimate of drug-likeness (QED) is 0.881. The van der Waals surface area contributed by atoms with Crippen LogP contribution in [0.2, 0.25) is 4.34 Å². The molecule has 0 aromatic carbocycles. The summed E-state index contributed by atoms with van der Waals surface area (Å²) >= 11 is 6.84. The fraction of sp³-hybridized carbons (Fsp3) is 0.583. The van der Waals surface area contributed by atoms with Crippen LogP contribution in [0, 0.1) is 11.8 Å². The number of hydrogen-bond acceptors (Lipinski definition) is 4. The van der Waals surface area contributed by atoms with Crippen molar-refractivity contribution in [2.24, 2.45) is 11.8 Å². The molecule has 5 nitrogen and oxygen atoms in total. The third kappa shape index (κ3) is 2.72. The monoisotopic (exact) mass is 334 g/mol. The van der Waals surface area contributed by atoms with Gasteiger partial charge in [-0.3, -0.25) is 4.79 Å². The van der Waals surface area contributed by atoms with Crippen LogP contribution in [0.1, 0.15) is 19.3 Å². The van der Waals surface area contributed by atoms with Gasteiger partial charge in [0.15, 0.2) is 0 Å². The first-order chi connectivity index (χ1) is 9.45. The Morgan fingerprint density at radius 2 is 2.05 bits per heavy atom. The lowest BCUT2D eigenvalue weighted by Gasteiger charge is -2.22. The molecule has 0 radical (unpaired) electrons. The maximum atomic E-state index is 12.4. The fourth-order valence-electron chi connectivity index (χ4n) is 3.06. The Hall–Kier alpha value is -0.630. The number of thiophene rings is 1. The lowest BCUT2D eigenvalue weighted by atomic mass is 9.98. The van der Waals surface area contributed by atoms with Gasteiger partial charge in [0.1, 0.15) is 4.21 Å². The van der Waals surface area contributed by atoms with Gasteiger partial charge < -0.3 is 5.32 Å². The van der Waals surface area contributed by atoms with E-state index in [1.165, 1.54) is 6.07 Å². The number of fused-ring (bicyclic) bond motifs is 2. The first-order valence-corrected chi connectivity index (χ1v) is 9.18. The molecule has 1 amide bonds. The van der Waals surface area contributed by atoms with Crippen molar-refractivity contribution in [3.8, 4) is 0 Å². The smallest absolute Gasteiger partial charge is 0.250 e. The Morgan fingerprint density at radius 3 is 2.75 bits per heavy atom. The van der Waals surface area contributed by atoms with E-state index >= 15 is 0 Å². The summed E-state index contributed by atoms with van der Waals surface area (Å²) < 4.78 is 28.2. The van der Waals surface area contributed by atoms with Crippen LogP contribution >= 0.6 is 22.9 Å². The standard InChI is InChI=1S/C12H15ClN2O3S2/c13-9-3-4-11(19-9)20(17,18)15-12-7-1-2-8(12)6-14-10(16)5-7/h3-4,7-8,12,15H,1-2,5-6H2,(H,14,16). The van der Waals surface area contributed by atoms with Crippen molar-refractivity contribution in [2.45, 2.75) is 29.5 Å². The minimum atomic E-state index is -3.55. The topological polar surface area (TPSA) is 75.3 Å². The zero-order chi connectivity index (χ0) is 14.3. The van der Waals surface area contributed by atoms with E-state index in [2.05, 4.69) is 10.0 Å². The number of carbonyl (C=O) groups excluding carboxylic acids is 1. The molecule has 3 atom stereocenters. The number of rotatable bonds is 3. The highest BCUT2D eigenvalue weighted by atomic mass is 35.5. The molecule has 3 unspecified atom stereocenters. The molecule has 2 heterocycles. The van der Waals surface area contributed by atoms with Gasteiger partial charge >= 0.3 is 0 Å². The van der Waals surface area contributed by atoms with Gasteiger partial charge in [-0.1, -0.05) is 11.6 Å². The minimum absolute atomic E-state index is 0.0144. The third-order valence-electron chi connectivity index (χ3n) is 4.04. The van der Waals surface area contributed by atoms with Crippen LogP contribution < -0.4 is 10.0 Å². The predicted octanol–water partition coefficient (Wildman–Crippen LogP) is 1.59. The Bertz CT molecular complexity index is 628. The molecule has 1 aromatic rings. The van der Waals surface area contributed by atoms with E-state index in [1.807, 2.05) is 0 Å². The molecule has 2 N–H and O–H groups in total. The largest absolute Gasteiger partial charge is 0.356 e. The van der Waals surface area contributed by atoms with Crippen molar-refractivity contribution in [3.63, 3.8) is 0 Å². The van der Waals surface area contributed by atoms with Crippen molar-refractivity contribution in [3.05, 3.63) is 16.5 Å². The highest BCUT2D eigenvalue weighted by Gasteiger charge is 2.41. The number of carbonyl (C=O) groups is 1. The normalized spacial score (nSPS) is 30.1. The van der Waals surface area contributed by atoms with Crippen LogP contribution in [0.4, 0.5) is 0 Å². The molecule has 2 aliphatic rings. The van der Waals surface area contributed by atoms with E-state index in [-0.39, 0.29) is 28.0 Å². The summed E-state index contributed by atoms with van der Waals surface area (Å²) in [5.41, 5.74) is 0. The van der Waals surface area contributed by atoms with Gasteiger partial charge in [-0.25, -0.2) is 13.1 Å². The third-order valence-corrected chi connectivity index (χ3v) is 7.22. The summed E-state index contributed by atoms with van der Waals surface area (Å²) in [6.45, 7) is 0.549. The number of halogens is 1. The average Bonchev–Trinajstić information content (AvgIpc) is 2.90. The van der Waals surface area contributed by atoms with E-state index in [4.69, 9.17) is 11.6 Å². The van der Waals surface area contributed by atoms with E-state index < -0.39 is 10.0 Å². The molecule has 1 saturated carbocycles. The van der Waals surface area contributed by atoms with Gasteiger partial charge in [0.2, 0.25) is 15.9 Å². The predicted molar refractivity (Wildman–Crippen MR) is 77.3 cm³/mol. The summed E-state index contributed by atoms with van der Waals surface area (Å²) in [7, 11) is -3.55. The molecule has 110 valence electrons. The van der Waals surface area contributed by atoms with Crippen molar-refractivity contribution >= 4 is 38.9 Å². The van der Waals surface area contributed by atoms with Crippen LogP contribution in [-0.4, -0.2) is 26.9 Å². The number of nitrogens with one attached hydrogen (secondary N) is 2. The first kappa shape index (κ1) is 14.3. The second-order valence-electron chi connectivity index (χ2n) is 5.31. The summed E-state index contributed by atoms with van der Waals surface area (Å²) in [4.78, 5) is 11.6. The number of sulfonamides is 1.